The van der Waals surface area contributed by atoms with Crippen LogP contribution in [0.15, 0.2) is 6.07 Å². The molecular formula is C16H30N4O. The Morgan fingerprint density at radius 2 is 2.14 bits per heavy atom. The summed E-state index contributed by atoms with van der Waals surface area (Å²) in [5.74, 6) is 0. The Morgan fingerprint density at radius 3 is 2.71 bits per heavy atom. The monoisotopic (exact) mass is 294 g/mol. The van der Waals surface area contributed by atoms with E-state index >= 15 is 0 Å². The zero-order valence-corrected chi connectivity index (χ0v) is 13.9. The molecule has 2 heterocycles. The maximum Gasteiger partial charge on any atom is 0.0765 e. The summed E-state index contributed by atoms with van der Waals surface area (Å²) in [6, 6.07) is 2.56. The number of piperazine rings is 1. The molecule has 1 aliphatic heterocycles. The number of hydrogen-bond donors (Lipinski definition) is 2. The van der Waals surface area contributed by atoms with Gasteiger partial charge in [0.05, 0.1) is 5.69 Å². The normalized spacial score (nSPS) is 21.9. The van der Waals surface area contributed by atoms with E-state index in [1.807, 2.05) is 6.92 Å². The molecular weight excluding hydrogens is 264 g/mol. The summed E-state index contributed by atoms with van der Waals surface area (Å²) in [4.78, 5) is 5.00. The van der Waals surface area contributed by atoms with Crippen molar-refractivity contribution < 1.29 is 5.11 Å². The van der Waals surface area contributed by atoms with E-state index in [1.54, 1.807) is 0 Å². The van der Waals surface area contributed by atoms with E-state index in [0.29, 0.717) is 11.5 Å². The number of aromatic amines is 1. The largest absolute Gasteiger partial charge is 0.396 e. The number of aliphatic hydroxyl groups excluding tert-OH is 1. The van der Waals surface area contributed by atoms with Crippen molar-refractivity contribution in [1.29, 1.82) is 0 Å². The van der Waals surface area contributed by atoms with Crippen molar-refractivity contribution in [3.63, 3.8) is 0 Å². The van der Waals surface area contributed by atoms with E-state index in [9.17, 15) is 5.11 Å². The quantitative estimate of drug-likeness (QED) is 0.867. The van der Waals surface area contributed by atoms with Crippen molar-refractivity contribution in [1.82, 2.24) is 20.0 Å². The van der Waals surface area contributed by atoms with E-state index in [1.165, 1.54) is 0 Å². The zero-order chi connectivity index (χ0) is 15.5. The number of hydrogen-bond acceptors (Lipinski definition) is 4. The highest BCUT2D eigenvalue weighted by molar-refractivity contribution is 5.06. The highest BCUT2D eigenvalue weighted by atomic mass is 16.3. The van der Waals surface area contributed by atoms with Gasteiger partial charge in [-0.25, -0.2) is 0 Å². The van der Waals surface area contributed by atoms with Crippen LogP contribution in [0.4, 0.5) is 0 Å². The highest BCUT2D eigenvalue weighted by Gasteiger charge is 2.29. The Hall–Kier alpha value is -0.910. The molecule has 21 heavy (non-hydrogen) atoms. The van der Waals surface area contributed by atoms with Crippen LogP contribution in [0.2, 0.25) is 0 Å². The first-order valence-corrected chi connectivity index (χ1v) is 7.95. The molecule has 5 nitrogen and oxygen atoms in total. The fraction of sp³-hybridized carbons (Fsp3) is 0.812. The van der Waals surface area contributed by atoms with Gasteiger partial charge in [-0.15, -0.1) is 0 Å². The molecule has 0 radical (unpaired) electrons. The molecule has 1 saturated heterocycles. The van der Waals surface area contributed by atoms with Crippen LogP contribution in [0.5, 0.6) is 0 Å². The summed E-state index contributed by atoms with van der Waals surface area (Å²) < 4.78 is 0. The van der Waals surface area contributed by atoms with Gasteiger partial charge in [0.1, 0.15) is 0 Å². The van der Waals surface area contributed by atoms with Gasteiger partial charge in [-0.1, -0.05) is 20.8 Å². The molecule has 5 heteroatoms. The third kappa shape index (κ3) is 5.09. The number of aryl methyl sites for hydroxylation is 1. The van der Waals surface area contributed by atoms with E-state index in [4.69, 9.17) is 0 Å². The van der Waals surface area contributed by atoms with Gasteiger partial charge in [0.25, 0.3) is 0 Å². The molecule has 0 aliphatic carbocycles. The third-order valence-electron chi connectivity index (χ3n) is 3.97. The van der Waals surface area contributed by atoms with Crippen LogP contribution in [0.25, 0.3) is 0 Å². The average Bonchev–Trinajstić information content (AvgIpc) is 2.77. The molecule has 2 rings (SSSR count). The zero-order valence-electron chi connectivity index (χ0n) is 13.9. The second-order valence-electron chi connectivity index (χ2n) is 7.47. The van der Waals surface area contributed by atoms with Gasteiger partial charge in [0, 0.05) is 51.1 Å². The Morgan fingerprint density at radius 1 is 1.38 bits per heavy atom. The van der Waals surface area contributed by atoms with E-state index in [2.05, 4.69) is 46.8 Å². The van der Waals surface area contributed by atoms with Crippen LogP contribution in [-0.4, -0.2) is 63.9 Å². The molecule has 120 valence electrons. The van der Waals surface area contributed by atoms with E-state index in [-0.39, 0.29) is 6.61 Å². The fourth-order valence-corrected chi connectivity index (χ4v) is 3.13. The van der Waals surface area contributed by atoms with Gasteiger partial charge in [-0.2, -0.15) is 5.10 Å². The van der Waals surface area contributed by atoms with Crippen molar-refractivity contribution in [2.24, 2.45) is 5.41 Å². The van der Waals surface area contributed by atoms with Crippen molar-refractivity contribution in [3.05, 3.63) is 17.5 Å². The van der Waals surface area contributed by atoms with Gasteiger partial charge in [0.15, 0.2) is 0 Å². The summed E-state index contributed by atoms with van der Waals surface area (Å²) in [5.41, 5.74) is 2.53. The topological polar surface area (TPSA) is 55.4 Å². The molecule has 0 amide bonds. The molecule has 1 unspecified atom stereocenters. The minimum absolute atomic E-state index is 0.265. The maximum atomic E-state index is 9.35. The van der Waals surface area contributed by atoms with Gasteiger partial charge in [-0.3, -0.25) is 14.9 Å². The standard InChI is InChI=1S/C16H30N4O/c1-13-9-14(18-17-13)10-19-6-7-20(12-16(2,3)4)15(11-19)5-8-21/h9,15,21H,5-8,10-12H2,1-4H3,(H,17,18). The fourth-order valence-electron chi connectivity index (χ4n) is 3.13. The van der Waals surface area contributed by atoms with Crippen molar-refractivity contribution in [2.75, 3.05) is 32.8 Å². The lowest BCUT2D eigenvalue weighted by atomic mass is 9.94. The van der Waals surface area contributed by atoms with Crippen molar-refractivity contribution >= 4 is 0 Å². The van der Waals surface area contributed by atoms with Gasteiger partial charge in [-0.05, 0) is 24.8 Å². The Labute approximate surface area is 128 Å². The highest BCUT2D eigenvalue weighted by Crippen LogP contribution is 2.21. The summed E-state index contributed by atoms with van der Waals surface area (Å²) >= 11 is 0. The summed E-state index contributed by atoms with van der Waals surface area (Å²) in [6.07, 6.45) is 0.853. The molecule has 1 atom stereocenters. The number of rotatable bonds is 5. The van der Waals surface area contributed by atoms with Crippen molar-refractivity contribution in [3.8, 4) is 0 Å². The summed E-state index contributed by atoms with van der Waals surface area (Å²) in [6.45, 7) is 14.3. The second kappa shape index (κ2) is 6.90. The van der Waals surface area contributed by atoms with Crippen LogP contribution in [0.3, 0.4) is 0 Å². The number of aliphatic hydroxyl groups is 1. The molecule has 0 saturated carbocycles. The Bertz CT molecular complexity index is 438. The van der Waals surface area contributed by atoms with Gasteiger partial charge >= 0.3 is 0 Å². The molecule has 1 fully saturated rings. The average molecular weight is 294 g/mol. The predicted molar refractivity (Wildman–Crippen MR) is 85.1 cm³/mol. The molecule has 0 aromatic carbocycles. The van der Waals surface area contributed by atoms with E-state index < -0.39 is 0 Å². The van der Waals surface area contributed by atoms with Crippen molar-refractivity contribution in [2.45, 2.75) is 46.7 Å². The molecule has 1 aromatic rings. The maximum absolute atomic E-state index is 9.35. The van der Waals surface area contributed by atoms with Crippen LogP contribution < -0.4 is 0 Å². The number of nitrogens with zero attached hydrogens (tertiary/aromatic N) is 3. The molecule has 1 aromatic heterocycles. The predicted octanol–water partition coefficient (Wildman–Crippen LogP) is 1.63. The second-order valence-corrected chi connectivity index (χ2v) is 7.47. The lowest BCUT2D eigenvalue weighted by molar-refractivity contribution is 0.0335. The molecule has 0 bridgehead atoms. The summed E-state index contributed by atoms with van der Waals surface area (Å²) in [5, 5.41) is 16.7. The lowest BCUT2D eigenvalue weighted by Gasteiger charge is -2.43. The smallest absolute Gasteiger partial charge is 0.0765 e. The third-order valence-corrected chi connectivity index (χ3v) is 3.97. The molecule has 0 spiro atoms. The minimum atomic E-state index is 0.265. The number of aromatic nitrogens is 2. The SMILES string of the molecule is Cc1cc(CN2CCN(CC(C)(C)C)C(CCO)C2)n[nH]1. The minimum Gasteiger partial charge on any atom is -0.396 e. The van der Waals surface area contributed by atoms with Crippen LogP contribution in [0.1, 0.15) is 38.6 Å². The molecule has 2 N–H and O–H groups in total. The molecule has 1 aliphatic rings. The van der Waals surface area contributed by atoms with Gasteiger partial charge < -0.3 is 5.11 Å². The van der Waals surface area contributed by atoms with Crippen LogP contribution in [0, 0.1) is 12.3 Å². The first-order chi connectivity index (χ1) is 9.87. The van der Waals surface area contributed by atoms with Crippen LogP contribution in [-0.2, 0) is 6.54 Å². The number of nitrogens with one attached hydrogen (secondary N) is 1. The first-order valence-electron chi connectivity index (χ1n) is 7.95. The first kappa shape index (κ1) is 16.5. The Balaban J connectivity index is 1.94. The van der Waals surface area contributed by atoms with Gasteiger partial charge in [0.2, 0.25) is 0 Å². The Kier molecular flexibility index (Phi) is 5.41. The van der Waals surface area contributed by atoms with Crippen LogP contribution >= 0.6 is 0 Å². The number of H-pyrrole nitrogens is 1. The lowest BCUT2D eigenvalue weighted by Crippen LogP contribution is -2.54. The van der Waals surface area contributed by atoms with E-state index in [0.717, 1.165) is 50.5 Å². The summed E-state index contributed by atoms with van der Waals surface area (Å²) in [7, 11) is 0.